The minimum atomic E-state index is -0.593. The minimum absolute atomic E-state index is 0.0355. The van der Waals surface area contributed by atoms with Gasteiger partial charge in [-0.2, -0.15) is 0 Å². The topological polar surface area (TPSA) is 87.3 Å². The third-order valence-electron chi connectivity index (χ3n) is 4.51. The second kappa shape index (κ2) is 8.70. The summed E-state index contributed by atoms with van der Waals surface area (Å²) in [7, 11) is 0. The summed E-state index contributed by atoms with van der Waals surface area (Å²) >= 11 is 5.77. The van der Waals surface area contributed by atoms with Gasteiger partial charge in [0.05, 0.1) is 30.0 Å². The molecule has 7 nitrogen and oxygen atoms in total. The van der Waals surface area contributed by atoms with Gasteiger partial charge < -0.3 is 15.0 Å². The molecule has 2 aromatic rings. The number of morpholine rings is 1. The maximum Gasteiger partial charge on any atom is 0.252 e. The SMILES string of the molecule is CC(C)[C@@H](NC(=O)c1ccc(F)c(Cl)c1)c1cc(=O)[nH]c(N2CCOCC2)n1. The van der Waals surface area contributed by atoms with Crippen LogP contribution in [0.25, 0.3) is 0 Å². The van der Waals surface area contributed by atoms with E-state index in [1.54, 1.807) is 0 Å². The van der Waals surface area contributed by atoms with Crippen molar-refractivity contribution in [1.82, 2.24) is 15.3 Å². The molecule has 0 spiro atoms. The largest absolute Gasteiger partial charge is 0.378 e. The molecule has 2 heterocycles. The van der Waals surface area contributed by atoms with Crippen molar-refractivity contribution in [2.24, 2.45) is 5.92 Å². The van der Waals surface area contributed by atoms with Gasteiger partial charge >= 0.3 is 0 Å². The number of aromatic amines is 1. The Morgan fingerprint density at radius 2 is 2.04 bits per heavy atom. The average molecular weight is 409 g/mol. The molecule has 3 rings (SSSR count). The quantitative estimate of drug-likeness (QED) is 0.793. The highest BCUT2D eigenvalue weighted by Gasteiger charge is 2.23. The van der Waals surface area contributed by atoms with Crippen molar-refractivity contribution >= 4 is 23.5 Å². The van der Waals surface area contributed by atoms with Gasteiger partial charge in [-0.25, -0.2) is 9.37 Å². The van der Waals surface area contributed by atoms with Crippen molar-refractivity contribution in [2.45, 2.75) is 19.9 Å². The second-order valence-corrected chi connectivity index (χ2v) is 7.32. The first-order chi connectivity index (χ1) is 13.3. The normalized spacial score (nSPS) is 15.5. The Balaban J connectivity index is 1.87. The van der Waals surface area contributed by atoms with E-state index in [-0.39, 0.29) is 22.1 Å². The van der Waals surface area contributed by atoms with Crippen LogP contribution in [0.2, 0.25) is 5.02 Å². The van der Waals surface area contributed by atoms with Crippen LogP contribution in [-0.2, 0) is 4.74 Å². The molecule has 0 radical (unpaired) electrons. The van der Waals surface area contributed by atoms with Crippen LogP contribution in [0.3, 0.4) is 0 Å². The van der Waals surface area contributed by atoms with Crippen molar-refractivity contribution in [3.05, 3.63) is 56.7 Å². The van der Waals surface area contributed by atoms with Crippen molar-refractivity contribution < 1.29 is 13.9 Å². The zero-order valence-electron chi connectivity index (χ0n) is 15.7. The average Bonchev–Trinajstić information content (AvgIpc) is 2.68. The number of rotatable bonds is 5. The number of halogens is 2. The molecule has 1 saturated heterocycles. The lowest BCUT2D eigenvalue weighted by Gasteiger charge is -2.28. The van der Waals surface area contributed by atoms with E-state index in [1.807, 2.05) is 18.7 Å². The lowest BCUT2D eigenvalue weighted by atomic mass is 10.00. The van der Waals surface area contributed by atoms with E-state index >= 15 is 0 Å². The summed E-state index contributed by atoms with van der Waals surface area (Å²) in [6.07, 6.45) is 0. The zero-order chi connectivity index (χ0) is 20.3. The summed E-state index contributed by atoms with van der Waals surface area (Å²) in [5.74, 6) is -0.595. The van der Waals surface area contributed by atoms with E-state index in [4.69, 9.17) is 16.3 Å². The van der Waals surface area contributed by atoms with Crippen LogP contribution >= 0.6 is 11.6 Å². The van der Waals surface area contributed by atoms with Gasteiger partial charge in [-0.05, 0) is 24.1 Å². The summed E-state index contributed by atoms with van der Waals surface area (Å²) in [5.41, 5.74) is 0.397. The Morgan fingerprint density at radius 3 is 2.68 bits per heavy atom. The molecule has 150 valence electrons. The van der Waals surface area contributed by atoms with E-state index < -0.39 is 17.8 Å². The van der Waals surface area contributed by atoms with Gasteiger partial charge in [-0.3, -0.25) is 14.6 Å². The molecule has 2 N–H and O–H groups in total. The van der Waals surface area contributed by atoms with Crippen molar-refractivity contribution in [3.8, 4) is 0 Å². The molecule has 1 aliphatic rings. The molecule has 0 aliphatic carbocycles. The maximum absolute atomic E-state index is 13.4. The summed E-state index contributed by atoms with van der Waals surface area (Å²) in [6, 6.07) is 4.65. The first-order valence-corrected chi connectivity index (χ1v) is 9.43. The van der Waals surface area contributed by atoms with Gasteiger partial charge in [0.25, 0.3) is 11.5 Å². The number of hydrogen-bond acceptors (Lipinski definition) is 5. The highest BCUT2D eigenvalue weighted by molar-refractivity contribution is 6.31. The van der Waals surface area contributed by atoms with Crippen molar-refractivity contribution in [3.63, 3.8) is 0 Å². The van der Waals surface area contributed by atoms with Crippen molar-refractivity contribution in [2.75, 3.05) is 31.2 Å². The number of aromatic nitrogens is 2. The van der Waals surface area contributed by atoms with E-state index in [9.17, 15) is 14.0 Å². The molecule has 9 heteroatoms. The molecular formula is C19H22ClFN4O3. The number of carbonyl (C=O) groups is 1. The molecule has 1 aromatic heterocycles. The van der Waals surface area contributed by atoms with Gasteiger partial charge in [-0.15, -0.1) is 0 Å². The van der Waals surface area contributed by atoms with Crippen LogP contribution in [0.1, 0.15) is 35.9 Å². The molecule has 1 atom stereocenters. The van der Waals surface area contributed by atoms with Crippen LogP contribution in [-0.4, -0.2) is 42.2 Å². The number of ether oxygens (including phenoxy) is 1. The molecule has 0 bridgehead atoms. The molecule has 1 fully saturated rings. The monoisotopic (exact) mass is 408 g/mol. The fourth-order valence-corrected chi connectivity index (χ4v) is 3.17. The number of carbonyl (C=O) groups excluding carboxylic acids is 1. The van der Waals surface area contributed by atoms with E-state index in [1.165, 1.54) is 18.2 Å². The number of amides is 1. The van der Waals surface area contributed by atoms with E-state index in [0.717, 1.165) is 6.07 Å². The van der Waals surface area contributed by atoms with Crippen LogP contribution in [0.15, 0.2) is 29.1 Å². The predicted molar refractivity (Wildman–Crippen MR) is 104 cm³/mol. The summed E-state index contributed by atoms with van der Waals surface area (Å²) in [4.78, 5) is 34.1. The van der Waals surface area contributed by atoms with Crippen LogP contribution in [0, 0.1) is 11.7 Å². The number of nitrogens with one attached hydrogen (secondary N) is 2. The molecule has 28 heavy (non-hydrogen) atoms. The molecule has 1 amide bonds. The van der Waals surface area contributed by atoms with E-state index in [2.05, 4.69) is 15.3 Å². The zero-order valence-corrected chi connectivity index (χ0v) is 16.4. The predicted octanol–water partition coefficient (Wildman–Crippen LogP) is 2.53. The van der Waals surface area contributed by atoms with Gasteiger partial charge in [0.15, 0.2) is 0 Å². The van der Waals surface area contributed by atoms with Gasteiger partial charge in [0.2, 0.25) is 5.95 Å². The first-order valence-electron chi connectivity index (χ1n) is 9.05. The Morgan fingerprint density at radius 1 is 1.32 bits per heavy atom. The lowest BCUT2D eigenvalue weighted by Crippen LogP contribution is -2.39. The Hall–Kier alpha value is -2.45. The maximum atomic E-state index is 13.4. The first kappa shape index (κ1) is 20.3. The molecule has 1 aliphatic heterocycles. The standard InChI is InChI=1S/C19H22ClFN4O3/c1-11(2)17(24-18(27)12-3-4-14(21)13(20)9-12)15-10-16(26)23-19(22-15)25-5-7-28-8-6-25/h3-4,9-11,17H,5-8H2,1-2H3,(H,24,27)(H,22,23,26)/t17-/m1/s1. The lowest BCUT2D eigenvalue weighted by molar-refractivity contribution is 0.0924. The molecular weight excluding hydrogens is 387 g/mol. The summed E-state index contributed by atoms with van der Waals surface area (Å²) in [6.45, 7) is 6.20. The third kappa shape index (κ3) is 4.69. The molecule has 1 aromatic carbocycles. The number of hydrogen-bond donors (Lipinski definition) is 2. The summed E-state index contributed by atoms with van der Waals surface area (Å²) < 4.78 is 18.7. The third-order valence-corrected chi connectivity index (χ3v) is 4.80. The summed E-state index contributed by atoms with van der Waals surface area (Å²) in [5, 5.41) is 2.75. The highest BCUT2D eigenvalue weighted by atomic mass is 35.5. The Bertz CT molecular complexity index is 912. The minimum Gasteiger partial charge on any atom is -0.378 e. The molecule has 0 saturated carbocycles. The van der Waals surface area contributed by atoms with Crippen LogP contribution in [0.4, 0.5) is 10.3 Å². The van der Waals surface area contributed by atoms with Crippen molar-refractivity contribution in [1.29, 1.82) is 0 Å². The van der Waals surface area contributed by atoms with Crippen LogP contribution < -0.4 is 15.8 Å². The fraction of sp³-hybridized carbons (Fsp3) is 0.421. The van der Waals surface area contributed by atoms with Crippen LogP contribution in [0.5, 0.6) is 0 Å². The van der Waals surface area contributed by atoms with Gasteiger partial charge in [0.1, 0.15) is 5.82 Å². The van der Waals surface area contributed by atoms with Gasteiger partial charge in [-0.1, -0.05) is 25.4 Å². The number of H-pyrrole nitrogens is 1. The number of anilines is 1. The Kier molecular flexibility index (Phi) is 6.31. The number of benzene rings is 1. The highest BCUT2D eigenvalue weighted by Crippen LogP contribution is 2.22. The smallest absolute Gasteiger partial charge is 0.252 e. The van der Waals surface area contributed by atoms with E-state index in [0.29, 0.717) is 37.9 Å². The second-order valence-electron chi connectivity index (χ2n) is 6.92. The fourth-order valence-electron chi connectivity index (χ4n) is 2.99. The van der Waals surface area contributed by atoms with Gasteiger partial charge in [0, 0.05) is 24.7 Å². The molecule has 0 unspecified atom stereocenters. The Labute approximate surface area is 166 Å². The number of nitrogens with zero attached hydrogens (tertiary/aromatic N) is 2.